The van der Waals surface area contributed by atoms with Crippen LogP contribution in [0.3, 0.4) is 0 Å². The Bertz CT molecular complexity index is 909. The Labute approximate surface area is 128 Å². The average molecular weight is 314 g/mol. The van der Waals surface area contributed by atoms with Crippen molar-refractivity contribution in [1.29, 1.82) is 0 Å². The van der Waals surface area contributed by atoms with Crippen LogP contribution in [0.4, 0.5) is 5.82 Å². The topological polar surface area (TPSA) is 68.3 Å². The highest BCUT2D eigenvalue weighted by molar-refractivity contribution is 7.93. The van der Waals surface area contributed by atoms with Crippen LogP contribution in [-0.4, -0.2) is 20.5 Å². The van der Waals surface area contributed by atoms with Crippen molar-refractivity contribution in [3.05, 3.63) is 60.8 Å². The fourth-order valence-corrected chi connectivity index (χ4v) is 3.49. The van der Waals surface area contributed by atoms with Crippen LogP contribution in [0.5, 0.6) is 5.75 Å². The lowest BCUT2D eigenvalue weighted by atomic mass is 10.1. The van der Waals surface area contributed by atoms with Gasteiger partial charge >= 0.3 is 0 Å². The maximum atomic E-state index is 12.6. The van der Waals surface area contributed by atoms with E-state index in [2.05, 4.69) is 9.71 Å². The first-order valence-corrected chi connectivity index (χ1v) is 8.10. The number of nitrogens with zero attached hydrogens (tertiary/aromatic N) is 1. The van der Waals surface area contributed by atoms with Crippen molar-refractivity contribution in [3.8, 4) is 5.75 Å². The summed E-state index contributed by atoms with van der Waals surface area (Å²) in [6.07, 6.45) is 1.53. The highest BCUT2D eigenvalue weighted by Crippen LogP contribution is 2.31. The first kappa shape index (κ1) is 14.3. The monoisotopic (exact) mass is 314 g/mol. The number of methoxy groups -OCH3 is 1. The summed E-state index contributed by atoms with van der Waals surface area (Å²) in [5, 5.41) is 1.35. The lowest BCUT2D eigenvalue weighted by molar-refractivity contribution is 0.419. The molecule has 0 unspecified atom stereocenters. The number of aromatic nitrogens is 1. The summed E-state index contributed by atoms with van der Waals surface area (Å²) in [6, 6.07) is 15.4. The van der Waals surface area contributed by atoms with Gasteiger partial charge in [0.2, 0.25) is 0 Å². The van der Waals surface area contributed by atoms with Crippen LogP contribution in [0.2, 0.25) is 0 Å². The zero-order valence-electron chi connectivity index (χ0n) is 11.9. The summed E-state index contributed by atoms with van der Waals surface area (Å²) in [5.74, 6) is 0.912. The van der Waals surface area contributed by atoms with Crippen molar-refractivity contribution in [2.75, 3.05) is 11.8 Å². The molecule has 1 heterocycles. The molecule has 22 heavy (non-hydrogen) atoms. The quantitative estimate of drug-likeness (QED) is 0.803. The molecule has 112 valence electrons. The van der Waals surface area contributed by atoms with Crippen LogP contribution in [-0.2, 0) is 10.0 Å². The van der Waals surface area contributed by atoms with Crippen LogP contribution >= 0.6 is 0 Å². The fourth-order valence-electron chi connectivity index (χ4n) is 2.27. The minimum absolute atomic E-state index is 0.189. The van der Waals surface area contributed by atoms with Crippen molar-refractivity contribution in [3.63, 3.8) is 0 Å². The average Bonchev–Trinajstić information content (AvgIpc) is 2.54. The van der Waals surface area contributed by atoms with Crippen molar-refractivity contribution in [2.24, 2.45) is 0 Å². The van der Waals surface area contributed by atoms with Crippen LogP contribution in [0.15, 0.2) is 65.7 Å². The molecule has 0 amide bonds. The molecule has 0 saturated carbocycles. The van der Waals surface area contributed by atoms with Crippen LogP contribution in [0, 0.1) is 0 Å². The van der Waals surface area contributed by atoms with Gasteiger partial charge in [-0.1, -0.05) is 30.3 Å². The zero-order chi connectivity index (χ0) is 15.6. The van der Waals surface area contributed by atoms with Crippen molar-refractivity contribution in [2.45, 2.75) is 4.90 Å². The molecule has 0 saturated heterocycles. The van der Waals surface area contributed by atoms with E-state index in [4.69, 9.17) is 4.74 Å². The predicted molar refractivity (Wildman–Crippen MR) is 85.5 cm³/mol. The summed E-state index contributed by atoms with van der Waals surface area (Å²) in [4.78, 5) is 4.18. The van der Waals surface area contributed by atoms with Crippen LogP contribution in [0.1, 0.15) is 0 Å². The molecule has 3 aromatic rings. The van der Waals surface area contributed by atoms with Gasteiger partial charge in [0.05, 0.1) is 12.0 Å². The molecule has 3 rings (SSSR count). The molecule has 0 radical (unpaired) electrons. The molecule has 0 fully saturated rings. The highest BCUT2D eigenvalue weighted by Gasteiger charge is 2.19. The standard InChI is InChI=1S/C16H14N2O3S/c1-21-14-9-10-15(13-7-3-2-6-12(13)14)22(19,20)18-16-8-4-5-11-17-16/h2-11H,1H3,(H,17,18). The zero-order valence-corrected chi connectivity index (χ0v) is 12.7. The van der Waals surface area contributed by atoms with Crippen molar-refractivity contribution >= 4 is 26.6 Å². The minimum atomic E-state index is -3.73. The highest BCUT2D eigenvalue weighted by atomic mass is 32.2. The third kappa shape index (κ3) is 2.60. The van der Waals surface area contributed by atoms with Gasteiger partial charge in [0.25, 0.3) is 10.0 Å². The van der Waals surface area contributed by atoms with Gasteiger partial charge in [0, 0.05) is 17.0 Å². The number of pyridine rings is 1. The van der Waals surface area contributed by atoms with Gasteiger partial charge < -0.3 is 4.74 Å². The normalized spacial score (nSPS) is 11.3. The molecule has 0 atom stereocenters. The maximum Gasteiger partial charge on any atom is 0.263 e. The van der Waals surface area contributed by atoms with E-state index in [0.29, 0.717) is 11.1 Å². The maximum absolute atomic E-state index is 12.6. The second-order valence-corrected chi connectivity index (χ2v) is 6.28. The third-order valence-electron chi connectivity index (χ3n) is 3.26. The molecule has 0 bridgehead atoms. The molecule has 1 aromatic heterocycles. The molecular weight excluding hydrogens is 300 g/mol. The molecule has 0 spiro atoms. The third-order valence-corrected chi connectivity index (χ3v) is 4.67. The Morgan fingerprint density at radius 1 is 0.955 bits per heavy atom. The molecule has 2 aromatic carbocycles. The molecule has 0 aliphatic heterocycles. The number of hydrogen-bond donors (Lipinski definition) is 1. The van der Waals surface area contributed by atoms with E-state index in [9.17, 15) is 8.42 Å². The second-order valence-electron chi connectivity index (χ2n) is 4.63. The first-order chi connectivity index (χ1) is 10.6. The molecule has 6 heteroatoms. The smallest absolute Gasteiger partial charge is 0.263 e. The largest absolute Gasteiger partial charge is 0.496 e. The minimum Gasteiger partial charge on any atom is -0.496 e. The molecule has 0 aliphatic carbocycles. The molecule has 0 aliphatic rings. The van der Waals surface area contributed by atoms with Gasteiger partial charge in [0.15, 0.2) is 0 Å². The number of nitrogens with one attached hydrogen (secondary N) is 1. The van der Waals surface area contributed by atoms with Crippen molar-refractivity contribution < 1.29 is 13.2 Å². The number of sulfonamides is 1. The van der Waals surface area contributed by atoms with Crippen LogP contribution < -0.4 is 9.46 Å². The Kier molecular flexibility index (Phi) is 3.68. The van der Waals surface area contributed by atoms with E-state index in [1.807, 2.05) is 12.1 Å². The molecule has 1 N–H and O–H groups in total. The fraction of sp³-hybridized carbons (Fsp3) is 0.0625. The Morgan fingerprint density at radius 3 is 2.36 bits per heavy atom. The number of hydrogen-bond acceptors (Lipinski definition) is 4. The summed E-state index contributed by atoms with van der Waals surface area (Å²) in [7, 11) is -2.18. The van der Waals surface area contributed by atoms with E-state index in [1.54, 1.807) is 43.5 Å². The number of ether oxygens (including phenoxy) is 1. The summed E-state index contributed by atoms with van der Waals surface area (Å²) in [5.41, 5.74) is 0. The number of fused-ring (bicyclic) bond motifs is 1. The molecular formula is C16H14N2O3S. The first-order valence-electron chi connectivity index (χ1n) is 6.61. The second kappa shape index (κ2) is 5.65. The van der Waals surface area contributed by atoms with Gasteiger partial charge in [-0.3, -0.25) is 4.72 Å². The van der Waals surface area contributed by atoms with E-state index in [-0.39, 0.29) is 10.7 Å². The molecule has 5 nitrogen and oxygen atoms in total. The van der Waals surface area contributed by atoms with Gasteiger partial charge in [-0.2, -0.15) is 0 Å². The van der Waals surface area contributed by atoms with E-state index >= 15 is 0 Å². The van der Waals surface area contributed by atoms with E-state index < -0.39 is 10.0 Å². The van der Waals surface area contributed by atoms with Crippen LogP contribution in [0.25, 0.3) is 10.8 Å². The Hall–Kier alpha value is -2.60. The summed E-state index contributed by atoms with van der Waals surface area (Å²) in [6.45, 7) is 0. The van der Waals surface area contributed by atoms with E-state index in [1.165, 1.54) is 12.3 Å². The number of rotatable bonds is 4. The Morgan fingerprint density at radius 2 is 1.68 bits per heavy atom. The predicted octanol–water partition coefficient (Wildman–Crippen LogP) is 3.04. The summed E-state index contributed by atoms with van der Waals surface area (Å²) >= 11 is 0. The van der Waals surface area contributed by atoms with Gasteiger partial charge in [-0.15, -0.1) is 0 Å². The SMILES string of the molecule is COc1ccc(S(=O)(=O)Nc2ccccn2)c2ccccc12. The van der Waals surface area contributed by atoms with Gasteiger partial charge in [-0.25, -0.2) is 13.4 Å². The Balaban J connectivity index is 2.14. The van der Waals surface area contributed by atoms with Gasteiger partial charge in [0.1, 0.15) is 11.6 Å². The lowest BCUT2D eigenvalue weighted by Gasteiger charge is -2.12. The van der Waals surface area contributed by atoms with E-state index in [0.717, 1.165) is 5.39 Å². The lowest BCUT2D eigenvalue weighted by Crippen LogP contribution is -2.14. The number of benzene rings is 2. The number of anilines is 1. The van der Waals surface area contributed by atoms with Crippen molar-refractivity contribution in [1.82, 2.24) is 4.98 Å². The summed E-state index contributed by atoms with van der Waals surface area (Å²) < 4.78 is 33.0. The van der Waals surface area contributed by atoms with Gasteiger partial charge in [-0.05, 0) is 24.3 Å².